The third-order valence-corrected chi connectivity index (χ3v) is 4.85. The summed E-state index contributed by atoms with van der Waals surface area (Å²) >= 11 is 6.40. The van der Waals surface area contributed by atoms with Gasteiger partial charge < -0.3 is 9.64 Å². The van der Waals surface area contributed by atoms with Crippen molar-refractivity contribution in [3.8, 4) is 0 Å². The molecule has 1 saturated heterocycles. The summed E-state index contributed by atoms with van der Waals surface area (Å²) in [6.45, 7) is 3.52. The summed E-state index contributed by atoms with van der Waals surface area (Å²) in [5, 5.41) is 1.96. The molecule has 4 rings (SSSR count). The third kappa shape index (κ3) is 2.66. The summed E-state index contributed by atoms with van der Waals surface area (Å²) in [6.07, 6.45) is 4.71. The van der Waals surface area contributed by atoms with Gasteiger partial charge in [-0.3, -0.25) is 4.98 Å². The maximum absolute atomic E-state index is 6.40. The summed E-state index contributed by atoms with van der Waals surface area (Å²) in [5.74, 6) is 0. The van der Waals surface area contributed by atoms with Gasteiger partial charge in [0, 0.05) is 24.2 Å². The van der Waals surface area contributed by atoms with E-state index in [1.54, 1.807) is 0 Å². The van der Waals surface area contributed by atoms with E-state index in [-0.39, 0.29) is 12.4 Å². The zero-order valence-corrected chi connectivity index (χ0v) is 14.1. The van der Waals surface area contributed by atoms with E-state index in [0.717, 1.165) is 49.7 Å². The molecule has 1 aromatic carbocycles. The van der Waals surface area contributed by atoms with Crippen molar-refractivity contribution in [2.24, 2.45) is 0 Å². The molecule has 0 bridgehead atoms. The maximum atomic E-state index is 6.40. The Bertz CT molecular complexity index is 684. The number of rotatable bonds is 1. The molecule has 2 aliphatic rings. The Morgan fingerprint density at radius 2 is 1.86 bits per heavy atom. The van der Waals surface area contributed by atoms with Gasteiger partial charge in [-0.25, -0.2) is 0 Å². The molecular formula is C17H20Cl2N2O. The smallest absolute Gasteiger partial charge is 0.0912 e. The third-order valence-electron chi connectivity index (χ3n) is 4.54. The van der Waals surface area contributed by atoms with Gasteiger partial charge in [-0.1, -0.05) is 23.7 Å². The van der Waals surface area contributed by atoms with Crippen LogP contribution in [0, 0.1) is 0 Å². The summed E-state index contributed by atoms with van der Waals surface area (Å²) in [4.78, 5) is 7.35. The van der Waals surface area contributed by atoms with Gasteiger partial charge in [0.05, 0.1) is 29.4 Å². The van der Waals surface area contributed by atoms with E-state index in [0.29, 0.717) is 0 Å². The number of fused-ring (bicyclic) bond motifs is 2. The van der Waals surface area contributed by atoms with E-state index in [9.17, 15) is 0 Å². The Hall–Kier alpha value is -1.03. The average molecular weight is 339 g/mol. The first kappa shape index (κ1) is 15.9. The molecule has 0 unspecified atom stereocenters. The lowest BCUT2D eigenvalue weighted by Crippen LogP contribution is -2.37. The number of ether oxygens (including phenoxy) is 1. The van der Waals surface area contributed by atoms with Crippen molar-refractivity contribution < 1.29 is 4.74 Å². The van der Waals surface area contributed by atoms with Crippen LogP contribution < -0.4 is 4.90 Å². The van der Waals surface area contributed by atoms with Crippen LogP contribution in [0.2, 0.25) is 5.02 Å². The van der Waals surface area contributed by atoms with E-state index in [2.05, 4.69) is 11.0 Å². The van der Waals surface area contributed by atoms with Gasteiger partial charge in [-0.2, -0.15) is 0 Å². The van der Waals surface area contributed by atoms with Crippen LogP contribution in [-0.4, -0.2) is 31.3 Å². The first-order valence-corrected chi connectivity index (χ1v) is 8.15. The van der Waals surface area contributed by atoms with Gasteiger partial charge in [0.25, 0.3) is 0 Å². The van der Waals surface area contributed by atoms with Gasteiger partial charge in [0.1, 0.15) is 0 Å². The molecule has 1 fully saturated rings. The number of hydrogen-bond acceptors (Lipinski definition) is 3. The van der Waals surface area contributed by atoms with Crippen molar-refractivity contribution in [2.45, 2.75) is 25.7 Å². The average Bonchev–Trinajstić information content (AvgIpc) is 2.54. The van der Waals surface area contributed by atoms with Crippen LogP contribution in [0.5, 0.6) is 0 Å². The molecule has 0 atom stereocenters. The van der Waals surface area contributed by atoms with Gasteiger partial charge in [0.2, 0.25) is 0 Å². The number of aromatic nitrogens is 1. The Labute approximate surface area is 142 Å². The summed E-state index contributed by atoms with van der Waals surface area (Å²) in [7, 11) is 0. The summed E-state index contributed by atoms with van der Waals surface area (Å²) in [5.41, 5.74) is 5.02. The monoisotopic (exact) mass is 338 g/mol. The number of nitrogens with zero attached hydrogens (tertiary/aromatic N) is 2. The Balaban J connectivity index is 0.00000144. The van der Waals surface area contributed by atoms with Crippen molar-refractivity contribution in [3.05, 3.63) is 34.5 Å². The molecule has 1 aliphatic heterocycles. The number of benzene rings is 1. The zero-order valence-electron chi connectivity index (χ0n) is 12.5. The van der Waals surface area contributed by atoms with Crippen LogP contribution in [0.3, 0.4) is 0 Å². The van der Waals surface area contributed by atoms with E-state index < -0.39 is 0 Å². The fourth-order valence-corrected chi connectivity index (χ4v) is 3.75. The second-order valence-corrected chi connectivity index (χ2v) is 6.24. The highest BCUT2D eigenvalue weighted by molar-refractivity contribution is 6.35. The first-order chi connectivity index (χ1) is 10.3. The van der Waals surface area contributed by atoms with Crippen molar-refractivity contribution in [3.63, 3.8) is 0 Å². The maximum Gasteiger partial charge on any atom is 0.0912 e. The lowest BCUT2D eigenvalue weighted by atomic mass is 9.92. The Morgan fingerprint density at radius 1 is 1.09 bits per heavy atom. The van der Waals surface area contributed by atoms with Crippen LogP contribution in [0.1, 0.15) is 24.1 Å². The van der Waals surface area contributed by atoms with Crippen molar-refractivity contribution in [1.29, 1.82) is 0 Å². The van der Waals surface area contributed by atoms with Crippen molar-refractivity contribution >= 4 is 40.6 Å². The number of pyridine rings is 1. The predicted octanol–water partition coefficient (Wildman–Crippen LogP) is 4.03. The van der Waals surface area contributed by atoms with Gasteiger partial charge >= 0.3 is 0 Å². The Morgan fingerprint density at radius 3 is 2.68 bits per heavy atom. The minimum absolute atomic E-state index is 0. The van der Waals surface area contributed by atoms with E-state index >= 15 is 0 Å². The molecule has 22 heavy (non-hydrogen) atoms. The predicted molar refractivity (Wildman–Crippen MR) is 93.7 cm³/mol. The lowest BCUT2D eigenvalue weighted by molar-refractivity contribution is 0.122. The van der Waals surface area contributed by atoms with Crippen LogP contribution in [-0.2, 0) is 17.6 Å². The van der Waals surface area contributed by atoms with Gasteiger partial charge in [-0.05, 0) is 37.3 Å². The molecule has 0 saturated carbocycles. The minimum atomic E-state index is 0. The molecule has 0 radical (unpaired) electrons. The fourth-order valence-electron chi connectivity index (χ4n) is 3.53. The molecule has 1 aromatic heterocycles. The highest BCUT2D eigenvalue weighted by atomic mass is 35.5. The summed E-state index contributed by atoms with van der Waals surface area (Å²) < 4.78 is 5.52. The lowest BCUT2D eigenvalue weighted by Gasteiger charge is -2.33. The number of morpholine rings is 1. The molecule has 3 nitrogen and oxygen atoms in total. The van der Waals surface area contributed by atoms with Crippen LogP contribution in [0.4, 0.5) is 5.69 Å². The minimum Gasteiger partial charge on any atom is -0.378 e. The van der Waals surface area contributed by atoms with Gasteiger partial charge in [-0.15, -0.1) is 12.4 Å². The van der Waals surface area contributed by atoms with Crippen LogP contribution >= 0.6 is 24.0 Å². The van der Waals surface area contributed by atoms with E-state index in [1.165, 1.54) is 35.2 Å². The molecule has 118 valence electrons. The normalized spacial score (nSPS) is 18.0. The molecule has 2 aromatic rings. The number of anilines is 1. The SMILES string of the molecule is Cl.Clc1cccc2c(N3CCOCC3)c3c(nc12)CCCC3. The van der Waals surface area contributed by atoms with Crippen LogP contribution in [0.25, 0.3) is 10.9 Å². The van der Waals surface area contributed by atoms with Crippen molar-refractivity contribution in [1.82, 2.24) is 4.98 Å². The van der Waals surface area contributed by atoms with Crippen molar-refractivity contribution in [2.75, 3.05) is 31.2 Å². The van der Waals surface area contributed by atoms with Gasteiger partial charge in [0.15, 0.2) is 0 Å². The standard InChI is InChI=1S/C17H19ClN2O.ClH/c18-14-6-3-5-13-16(14)19-15-7-2-1-4-12(15)17(13)20-8-10-21-11-9-20;/h3,5-6H,1-2,4,7-11H2;1H. The fraction of sp³-hybridized carbons (Fsp3) is 0.471. The molecule has 5 heteroatoms. The Kier molecular flexibility index (Phi) is 4.76. The number of halogens is 2. The van der Waals surface area contributed by atoms with Crippen LogP contribution in [0.15, 0.2) is 18.2 Å². The number of hydrogen-bond donors (Lipinski definition) is 0. The molecule has 0 spiro atoms. The zero-order chi connectivity index (χ0) is 14.2. The largest absolute Gasteiger partial charge is 0.378 e. The van der Waals surface area contributed by atoms with E-state index in [1.807, 2.05) is 12.1 Å². The van der Waals surface area contributed by atoms with E-state index in [4.69, 9.17) is 21.3 Å². The quantitative estimate of drug-likeness (QED) is 0.785. The molecule has 1 aliphatic carbocycles. The number of aryl methyl sites for hydroxylation is 1. The number of para-hydroxylation sites is 1. The molecule has 0 N–H and O–H groups in total. The molecule has 0 amide bonds. The highest BCUT2D eigenvalue weighted by Gasteiger charge is 2.23. The second-order valence-electron chi connectivity index (χ2n) is 5.83. The topological polar surface area (TPSA) is 25.4 Å². The molecule has 2 heterocycles. The highest BCUT2D eigenvalue weighted by Crippen LogP contribution is 2.38. The first-order valence-electron chi connectivity index (χ1n) is 7.77. The molecular weight excluding hydrogens is 319 g/mol. The second kappa shape index (κ2) is 6.61. The summed E-state index contributed by atoms with van der Waals surface area (Å²) in [6, 6.07) is 6.13.